The molecule has 0 N–H and O–H groups in total. The number of carbonyl (C=O) groups excluding carboxylic acids is 4. The molecule has 0 aliphatic carbocycles. The van der Waals surface area contributed by atoms with E-state index in [0.717, 1.165) is 111 Å². The summed E-state index contributed by atoms with van der Waals surface area (Å²) in [6.07, 6.45) is 26.3. The van der Waals surface area contributed by atoms with Crippen LogP contribution >= 0.6 is 86.4 Å². The Balaban J connectivity index is 5.26. The van der Waals surface area contributed by atoms with Crippen LogP contribution in [0.2, 0.25) is 0 Å². The fourth-order valence-corrected chi connectivity index (χ4v) is 17.0. The first-order valence-corrected chi connectivity index (χ1v) is 42.5. The minimum absolute atomic E-state index is 0.207. The molecule has 4 unspecified atom stereocenters. The van der Waals surface area contributed by atoms with Crippen molar-refractivity contribution in [3.05, 3.63) is 46.6 Å². The molecule has 0 amide bonds. The second-order valence-corrected chi connectivity index (χ2v) is 35.0. The summed E-state index contributed by atoms with van der Waals surface area (Å²) in [6.45, 7) is 33.4. The molecule has 0 aromatic heterocycles. The van der Waals surface area contributed by atoms with Gasteiger partial charge < -0.3 is 33.6 Å². The summed E-state index contributed by atoms with van der Waals surface area (Å²) in [5.41, 5.74) is 5.53. The number of allylic oxidation sites excluding steroid dienone is 8. The quantitative estimate of drug-likeness (QED) is 0.0189. The van der Waals surface area contributed by atoms with Crippen LogP contribution in [0.25, 0.3) is 0 Å². The molecule has 0 bridgehead atoms. The van der Waals surface area contributed by atoms with E-state index in [-0.39, 0.29) is 49.6 Å². The normalized spacial score (nSPS) is 12.8. The van der Waals surface area contributed by atoms with Gasteiger partial charge in [-0.1, -0.05) is 161 Å². The number of nitrogens with zero attached hydrogens (tertiary/aromatic N) is 3. The molecule has 0 aromatic rings. The second-order valence-electron chi connectivity index (χ2n) is 24.2. The Morgan fingerprint density at radius 2 is 0.547 bits per heavy atom. The summed E-state index contributed by atoms with van der Waals surface area (Å²) in [7, 11) is 16.6. The van der Waals surface area contributed by atoms with E-state index in [1.165, 1.54) is 73.7 Å². The third-order valence-electron chi connectivity index (χ3n) is 14.2. The third-order valence-corrected chi connectivity index (χ3v) is 23.8. The molecule has 0 radical (unpaired) electrons. The third kappa shape index (κ3) is 62.3. The molecule has 0 spiro atoms. The number of carbonyl (C=O) groups is 4. The predicted molar refractivity (Wildman–Crippen MR) is 391 cm³/mol. The SMILES string of the molecule is CC(C)=CCCC(C)CCSSCCOC(=O)CCN(CCCN(C)CCCN(CCC(=O)OCCSSCCC(C)CCC=C(C)C)CCC(=O)OCCSSCCC(C)CCC=C(C)C)CCC(=O)OCCSSCCC(C)CCC=C(C)C. The topological polar surface area (TPSA) is 115 Å². The molecule has 4 atom stereocenters. The zero-order valence-electron chi connectivity index (χ0n) is 56.4. The van der Waals surface area contributed by atoms with E-state index < -0.39 is 0 Å². The average molecular weight is 1360 g/mol. The lowest BCUT2D eigenvalue weighted by Gasteiger charge is -2.25. The lowest BCUT2D eigenvalue weighted by Crippen LogP contribution is -2.34. The van der Waals surface area contributed by atoms with Gasteiger partial charge in [-0.05, 0) is 202 Å². The highest BCUT2D eigenvalue weighted by Gasteiger charge is 2.16. The summed E-state index contributed by atoms with van der Waals surface area (Å²) in [5, 5.41) is 0. The first kappa shape index (κ1) is 85.5. The molecule has 0 heterocycles. The Kier molecular flexibility index (Phi) is 60.4. The highest BCUT2D eigenvalue weighted by atomic mass is 33.1. The van der Waals surface area contributed by atoms with Gasteiger partial charge in [0.05, 0.1) is 25.7 Å². The number of ether oxygens (including phenoxy) is 4. The van der Waals surface area contributed by atoms with E-state index in [1.54, 1.807) is 43.2 Å². The minimum Gasteiger partial charge on any atom is -0.465 e. The molecular weight excluding hydrogens is 1230 g/mol. The molecule has 0 aromatic carbocycles. The van der Waals surface area contributed by atoms with Gasteiger partial charge in [0.25, 0.3) is 0 Å². The zero-order valence-corrected chi connectivity index (χ0v) is 62.9. The zero-order chi connectivity index (χ0) is 63.8. The van der Waals surface area contributed by atoms with Crippen LogP contribution in [0.1, 0.15) is 199 Å². The molecule has 0 saturated heterocycles. The van der Waals surface area contributed by atoms with Crippen LogP contribution in [-0.4, -0.2) is 170 Å². The first-order chi connectivity index (χ1) is 41.2. The number of hydrogen-bond acceptors (Lipinski definition) is 19. The molecule has 86 heavy (non-hydrogen) atoms. The van der Waals surface area contributed by atoms with Gasteiger partial charge in [0.2, 0.25) is 0 Å². The summed E-state index contributed by atoms with van der Waals surface area (Å²) in [5.74, 6) is 9.41. The van der Waals surface area contributed by atoms with Crippen LogP contribution in [0.4, 0.5) is 0 Å². The summed E-state index contributed by atoms with van der Waals surface area (Å²) < 4.78 is 22.6. The van der Waals surface area contributed by atoms with Crippen LogP contribution in [-0.2, 0) is 38.1 Å². The molecule has 0 aliphatic heterocycles. The van der Waals surface area contributed by atoms with E-state index in [1.807, 2.05) is 43.2 Å². The lowest BCUT2D eigenvalue weighted by atomic mass is 10.0. The fraction of sp³-hybridized carbons (Fsp3) is 0.821. The van der Waals surface area contributed by atoms with Gasteiger partial charge in [-0.2, -0.15) is 0 Å². The standard InChI is InChI=1S/C67H123N3O8S8/c1-56(2)20-14-24-60(9)32-48-79-83-52-44-75-64(71)28-40-69(41-29-65(72)76-45-53-84-80-49-33-61(10)25-15-21-57(3)4)38-18-36-68(13)37-19-39-70(42-30-66(73)77-46-54-85-81-50-34-62(11)26-16-22-58(5)6)43-31-67(74)78-47-55-86-82-51-35-63(12)27-17-23-59(7)8/h20-23,60-63H,14-19,24-55H2,1-13H3. The maximum Gasteiger partial charge on any atom is 0.307 e. The molecule has 11 nitrogen and oxygen atoms in total. The van der Waals surface area contributed by atoms with Crippen molar-refractivity contribution in [2.45, 2.75) is 199 Å². The van der Waals surface area contributed by atoms with Crippen LogP contribution in [0, 0.1) is 23.7 Å². The number of hydrogen-bond donors (Lipinski definition) is 0. The van der Waals surface area contributed by atoms with Gasteiger partial charge in [0.1, 0.15) is 26.4 Å². The monoisotopic (exact) mass is 1350 g/mol. The molecular formula is C67H123N3O8S8. The van der Waals surface area contributed by atoms with Crippen molar-refractivity contribution in [3.63, 3.8) is 0 Å². The van der Waals surface area contributed by atoms with Crippen molar-refractivity contribution in [1.82, 2.24) is 14.7 Å². The smallest absolute Gasteiger partial charge is 0.307 e. The molecule has 0 fully saturated rings. The predicted octanol–water partition coefficient (Wildman–Crippen LogP) is 18.7. The molecule has 0 saturated carbocycles. The lowest BCUT2D eigenvalue weighted by molar-refractivity contribution is -0.145. The number of esters is 4. The summed E-state index contributed by atoms with van der Waals surface area (Å²) in [6, 6.07) is 0. The molecule has 502 valence electrons. The Bertz CT molecular complexity index is 1570. The molecule has 0 aliphatic rings. The largest absolute Gasteiger partial charge is 0.465 e. The number of rotatable bonds is 60. The van der Waals surface area contributed by atoms with E-state index in [2.05, 4.69) is 129 Å². The van der Waals surface area contributed by atoms with Crippen molar-refractivity contribution < 1.29 is 38.1 Å². The Labute approximate surface area is 559 Å². The van der Waals surface area contributed by atoms with Crippen molar-refractivity contribution in [1.29, 1.82) is 0 Å². The highest BCUT2D eigenvalue weighted by molar-refractivity contribution is 8.77. The molecule has 19 heteroatoms. The van der Waals surface area contributed by atoms with Crippen LogP contribution in [0.15, 0.2) is 46.6 Å². The first-order valence-electron chi connectivity index (χ1n) is 32.5. The fourth-order valence-electron chi connectivity index (χ4n) is 8.63. The summed E-state index contributed by atoms with van der Waals surface area (Å²) in [4.78, 5) is 58.5. The summed E-state index contributed by atoms with van der Waals surface area (Å²) >= 11 is 0. The highest BCUT2D eigenvalue weighted by Crippen LogP contribution is 2.28. The van der Waals surface area contributed by atoms with Gasteiger partial charge in [0, 0.05) is 72.2 Å². The Morgan fingerprint density at radius 1 is 0.326 bits per heavy atom. The van der Waals surface area contributed by atoms with Crippen molar-refractivity contribution in [2.75, 3.05) is 132 Å². The Morgan fingerprint density at radius 3 is 0.767 bits per heavy atom. The Hall–Kier alpha value is -0.480. The maximum absolute atomic E-state index is 12.9. The van der Waals surface area contributed by atoms with E-state index in [0.29, 0.717) is 76.3 Å². The van der Waals surface area contributed by atoms with Gasteiger partial charge in [-0.3, -0.25) is 19.2 Å². The molecule has 0 rings (SSSR count). The van der Waals surface area contributed by atoms with Gasteiger partial charge in [0.15, 0.2) is 0 Å². The minimum atomic E-state index is -0.207. The van der Waals surface area contributed by atoms with Crippen molar-refractivity contribution in [2.24, 2.45) is 23.7 Å². The van der Waals surface area contributed by atoms with Crippen LogP contribution in [0.3, 0.4) is 0 Å². The van der Waals surface area contributed by atoms with Crippen molar-refractivity contribution >= 4 is 110 Å². The van der Waals surface area contributed by atoms with Crippen molar-refractivity contribution in [3.8, 4) is 0 Å². The van der Waals surface area contributed by atoms with E-state index in [4.69, 9.17) is 18.9 Å². The maximum atomic E-state index is 12.9. The van der Waals surface area contributed by atoms with E-state index in [9.17, 15) is 19.2 Å². The second kappa shape index (κ2) is 60.7. The van der Waals surface area contributed by atoms with Gasteiger partial charge in [-0.15, -0.1) is 0 Å². The van der Waals surface area contributed by atoms with Gasteiger partial charge >= 0.3 is 23.9 Å². The van der Waals surface area contributed by atoms with Gasteiger partial charge in [-0.25, -0.2) is 0 Å². The van der Waals surface area contributed by atoms with E-state index >= 15 is 0 Å². The average Bonchev–Trinajstić information content (AvgIpc) is 3.46. The van der Waals surface area contributed by atoms with Crippen LogP contribution in [0.5, 0.6) is 0 Å². The van der Waals surface area contributed by atoms with Crippen LogP contribution < -0.4 is 0 Å².